The summed E-state index contributed by atoms with van der Waals surface area (Å²) in [6.07, 6.45) is 0. The van der Waals surface area contributed by atoms with Crippen molar-refractivity contribution in [3.63, 3.8) is 0 Å². The molecule has 0 unspecified atom stereocenters. The van der Waals surface area contributed by atoms with Gasteiger partial charge in [0, 0.05) is 0 Å². The van der Waals surface area contributed by atoms with Crippen LogP contribution in [0, 0.1) is 5.41 Å². The summed E-state index contributed by atoms with van der Waals surface area (Å²) in [5, 5.41) is 2.85. The van der Waals surface area contributed by atoms with Crippen LogP contribution >= 0.6 is 0 Å². The molecule has 0 aliphatic rings. The maximum absolute atomic E-state index is 2.34. The maximum atomic E-state index is 2.34. The van der Waals surface area contributed by atoms with Crippen molar-refractivity contribution in [2.24, 2.45) is 5.41 Å². The van der Waals surface area contributed by atoms with E-state index in [2.05, 4.69) is 76.2 Å². The fourth-order valence-electron chi connectivity index (χ4n) is 2.07. The molecule has 2 heteroatoms. The van der Waals surface area contributed by atoms with E-state index in [1.807, 2.05) is 0 Å². The van der Waals surface area contributed by atoms with Crippen LogP contribution in [-0.2, 0) is 0 Å². The third kappa shape index (κ3) is 3.65. The molecule has 0 aromatic heterocycles. The molecule has 1 nitrogen and oxygen atoms in total. The summed E-state index contributed by atoms with van der Waals surface area (Å²) < 4.78 is 2.95. The fourth-order valence-corrected chi connectivity index (χ4v) is 5.30. The van der Waals surface area contributed by atoms with Crippen LogP contribution in [0.5, 0.6) is 0 Å². The summed E-state index contributed by atoms with van der Waals surface area (Å²) in [5.74, 6) is 0. The van der Waals surface area contributed by atoms with Crippen molar-refractivity contribution in [2.75, 3.05) is 19.0 Å². The summed E-state index contributed by atoms with van der Waals surface area (Å²) in [4.78, 5) is 2.23. The zero-order chi connectivity index (χ0) is 14.0. The van der Waals surface area contributed by atoms with E-state index in [1.54, 1.807) is 3.61 Å². The molecule has 0 amide bonds. The molecule has 2 rings (SSSR count). The molecule has 102 valence electrons. The molecule has 0 atom stereocenters. The van der Waals surface area contributed by atoms with Crippen molar-refractivity contribution < 1.29 is 0 Å². The molecule has 2 aromatic carbocycles. The van der Waals surface area contributed by atoms with E-state index in [4.69, 9.17) is 0 Å². The zero-order valence-electron chi connectivity index (χ0n) is 12.5. The quantitative estimate of drug-likeness (QED) is 0.747. The molecule has 0 saturated carbocycles. The van der Waals surface area contributed by atoms with Crippen molar-refractivity contribution in [1.82, 2.24) is 0 Å². The van der Waals surface area contributed by atoms with Crippen LogP contribution in [0.4, 0.5) is 5.69 Å². The average Bonchev–Trinajstić information content (AvgIpc) is 2.34. The Balaban J connectivity index is 2.48. The van der Waals surface area contributed by atoms with Crippen molar-refractivity contribution in [3.05, 3.63) is 36.4 Å². The Morgan fingerprint density at radius 2 is 1.63 bits per heavy atom. The Hall–Kier alpha value is -0.710. The van der Waals surface area contributed by atoms with Crippen LogP contribution in [0.1, 0.15) is 20.8 Å². The molecular formula is C17H23NTe. The van der Waals surface area contributed by atoms with Crippen LogP contribution < -0.4 is 8.51 Å². The van der Waals surface area contributed by atoms with Gasteiger partial charge in [0.15, 0.2) is 0 Å². The summed E-state index contributed by atoms with van der Waals surface area (Å²) in [7, 11) is 4.27. The number of hydrogen-bond donors (Lipinski definition) is 0. The summed E-state index contributed by atoms with van der Waals surface area (Å²) in [5.41, 5.74) is 1.80. The van der Waals surface area contributed by atoms with Gasteiger partial charge >= 0.3 is 127 Å². The predicted octanol–water partition coefficient (Wildman–Crippen LogP) is 3.70. The van der Waals surface area contributed by atoms with Crippen LogP contribution in [0.3, 0.4) is 0 Å². The van der Waals surface area contributed by atoms with Gasteiger partial charge in [0.25, 0.3) is 0 Å². The normalized spacial score (nSPS) is 11.8. The van der Waals surface area contributed by atoms with Gasteiger partial charge in [-0.3, -0.25) is 0 Å². The Morgan fingerprint density at radius 1 is 1.00 bits per heavy atom. The van der Waals surface area contributed by atoms with E-state index in [0.717, 1.165) is 0 Å². The Bertz CT molecular complexity index is 562. The van der Waals surface area contributed by atoms with E-state index in [1.165, 1.54) is 20.9 Å². The number of fused-ring (bicyclic) bond motifs is 1. The second-order valence-corrected chi connectivity index (χ2v) is 9.28. The third-order valence-corrected chi connectivity index (χ3v) is 7.73. The molecule has 0 aliphatic carbocycles. The van der Waals surface area contributed by atoms with Gasteiger partial charge in [0.2, 0.25) is 0 Å². The van der Waals surface area contributed by atoms with E-state index in [0.29, 0.717) is 5.41 Å². The molecule has 0 spiro atoms. The topological polar surface area (TPSA) is 3.24 Å². The number of benzene rings is 2. The van der Waals surface area contributed by atoms with Crippen LogP contribution in [0.15, 0.2) is 36.4 Å². The van der Waals surface area contributed by atoms with Crippen molar-refractivity contribution >= 4 is 41.0 Å². The molecule has 19 heavy (non-hydrogen) atoms. The minimum absolute atomic E-state index is 0.130. The SMILES string of the molecule is CN(C)c1cccc2cccc([Te]CC(C)(C)C)c12. The Kier molecular flexibility index (Phi) is 4.43. The molecular weight excluding hydrogens is 346 g/mol. The Labute approximate surface area is 127 Å². The van der Waals surface area contributed by atoms with Crippen molar-refractivity contribution in [2.45, 2.75) is 25.2 Å². The summed E-state index contributed by atoms with van der Waals surface area (Å²) in [6.45, 7) is 7.03. The fraction of sp³-hybridized carbons (Fsp3) is 0.412. The first-order valence-corrected chi connectivity index (χ1v) is 9.52. The van der Waals surface area contributed by atoms with Crippen molar-refractivity contribution in [1.29, 1.82) is 0 Å². The van der Waals surface area contributed by atoms with Gasteiger partial charge in [-0.1, -0.05) is 0 Å². The van der Waals surface area contributed by atoms with E-state index in [-0.39, 0.29) is 20.9 Å². The summed E-state index contributed by atoms with van der Waals surface area (Å²) in [6, 6.07) is 13.4. The van der Waals surface area contributed by atoms with Crippen molar-refractivity contribution in [3.8, 4) is 0 Å². The van der Waals surface area contributed by atoms with Gasteiger partial charge in [-0.05, 0) is 0 Å². The van der Waals surface area contributed by atoms with Crippen LogP contribution in [-0.4, -0.2) is 35.0 Å². The minimum atomic E-state index is -0.130. The van der Waals surface area contributed by atoms with Crippen LogP contribution in [0.2, 0.25) is 4.47 Å². The molecule has 0 radical (unpaired) electrons. The van der Waals surface area contributed by atoms with E-state index in [9.17, 15) is 0 Å². The van der Waals surface area contributed by atoms with E-state index < -0.39 is 0 Å². The number of rotatable bonds is 3. The number of anilines is 1. The first kappa shape index (κ1) is 14.7. The molecule has 0 bridgehead atoms. The van der Waals surface area contributed by atoms with E-state index >= 15 is 0 Å². The molecule has 0 aliphatic heterocycles. The first-order valence-electron chi connectivity index (χ1n) is 6.70. The van der Waals surface area contributed by atoms with Gasteiger partial charge < -0.3 is 0 Å². The average molecular weight is 369 g/mol. The molecule has 0 heterocycles. The van der Waals surface area contributed by atoms with Gasteiger partial charge in [-0.15, -0.1) is 0 Å². The number of nitrogens with zero attached hydrogens (tertiary/aromatic N) is 1. The van der Waals surface area contributed by atoms with Gasteiger partial charge in [0.05, 0.1) is 0 Å². The molecule has 0 fully saturated rings. The monoisotopic (exact) mass is 371 g/mol. The predicted molar refractivity (Wildman–Crippen MR) is 87.9 cm³/mol. The third-order valence-electron chi connectivity index (χ3n) is 2.99. The number of hydrogen-bond acceptors (Lipinski definition) is 1. The summed E-state index contributed by atoms with van der Waals surface area (Å²) >= 11 is -0.130. The van der Waals surface area contributed by atoms with Gasteiger partial charge in [0.1, 0.15) is 0 Å². The Morgan fingerprint density at radius 3 is 2.21 bits per heavy atom. The van der Waals surface area contributed by atoms with Gasteiger partial charge in [-0.25, -0.2) is 0 Å². The molecule has 0 N–H and O–H groups in total. The molecule has 0 saturated heterocycles. The van der Waals surface area contributed by atoms with Gasteiger partial charge in [-0.2, -0.15) is 0 Å². The first-order chi connectivity index (χ1) is 8.88. The second-order valence-electron chi connectivity index (χ2n) is 6.38. The van der Waals surface area contributed by atoms with Crippen LogP contribution in [0.25, 0.3) is 10.8 Å². The standard InChI is InChI=1S/C17H23NTe/c1-17(2,3)12-19-15-11-7-9-13-8-6-10-14(16(13)15)18(4)5/h6-11H,12H2,1-5H3. The molecule has 2 aromatic rings. The second kappa shape index (κ2) is 5.73. The zero-order valence-corrected chi connectivity index (χ0v) is 14.9.